The molecule has 1 fully saturated rings. The number of aliphatic hydroxyl groups excluding tert-OH is 1. The maximum atomic E-state index is 13.3. The van der Waals surface area contributed by atoms with E-state index in [1.165, 1.54) is 4.90 Å². The number of rotatable bonds is 3. The number of imidazole rings is 1. The number of amides is 1. The molecule has 1 amide bonds. The monoisotopic (exact) mass is 437 g/mol. The number of fused-ring (bicyclic) bond motifs is 2. The molecule has 2 N–H and O–H groups in total. The Balaban J connectivity index is 1.55. The van der Waals surface area contributed by atoms with Crippen LogP contribution in [0.15, 0.2) is 78.4 Å². The summed E-state index contributed by atoms with van der Waals surface area (Å²) in [6.07, 6.45) is 0.728. The predicted molar refractivity (Wildman–Crippen MR) is 123 cm³/mol. The summed E-state index contributed by atoms with van der Waals surface area (Å²) in [5.74, 6) is -0.675. The second kappa shape index (κ2) is 7.34. The van der Waals surface area contributed by atoms with Crippen molar-refractivity contribution in [1.29, 1.82) is 0 Å². The van der Waals surface area contributed by atoms with Crippen LogP contribution in [0.3, 0.4) is 0 Å². The first-order valence-corrected chi connectivity index (χ1v) is 10.7. The molecular formula is C26H19N3O4. The molecule has 1 aromatic heterocycles. The Morgan fingerprint density at radius 2 is 1.82 bits per heavy atom. The van der Waals surface area contributed by atoms with E-state index in [1.54, 1.807) is 12.1 Å². The number of ether oxygens (including phenoxy) is 1. The van der Waals surface area contributed by atoms with Crippen molar-refractivity contribution in [2.75, 3.05) is 11.5 Å². The van der Waals surface area contributed by atoms with Crippen LogP contribution in [-0.4, -0.2) is 33.4 Å². The van der Waals surface area contributed by atoms with E-state index in [4.69, 9.17) is 4.74 Å². The molecule has 2 aliphatic rings. The molecule has 162 valence electrons. The number of nitrogens with zero attached hydrogens (tertiary/aromatic N) is 2. The average Bonchev–Trinajstić information content (AvgIpc) is 3.55. The fourth-order valence-electron chi connectivity index (χ4n) is 4.54. The summed E-state index contributed by atoms with van der Waals surface area (Å²) in [5.41, 5.74) is 3.60. The molecule has 7 nitrogen and oxygen atoms in total. The van der Waals surface area contributed by atoms with Crippen LogP contribution in [0.5, 0.6) is 5.75 Å². The van der Waals surface area contributed by atoms with Gasteiger partial charge in [-0.2, -0.15) is 0 Å². The van der Waals surface area contributed by atoms with Gasteiger partial charge in [-0.1, -0.05) is 42.5 Å². The maximum absolute atomic E-state index is 13.3. The van der Waals surface area contributed by atoms with Crippen molar-refractivity contribution in [2.24, 2.45) is 0 Å². The van der Waals surface area contributed by atoms with Crippen LogP contribution >= 0.6 is 0 Å². The van der Waals surface area contributed by atoms with Crippen LogP contribution in [0.4, 0.5) is 5.95 Å². The van der Waals surface area contributed by atoms with E-state index in [0.717, 1.165) is 23.3 Å². The van der Waals surface area contributed by atoms with Crippen LogP contribution in [0, 0.1) is 0 Å². The largest absolute Gasteiger partial charge is 0.507 e. The van der Waals surface area contributed by atoms with E-state index in [9.17, 15) is 14.7 Å². The average molecular weight is 437 g/mol. The Labute approximate surface area is 189 Å². The number of anilines is 1. The van der Waals surface area contributed by atoms with Crippen LogP contribution < -0.4 is 9.64 Å². The number of aromatic nitrogens is 2. The van der Waals surface area contributed by atoms with Gasteiger partial charge < -0.3 is 14.8 Å². The first-order chi connectivity index (χ1) is 16.1. The fraction of sp³-hybridized carbons (Fsp3) is 0.115. The molecule has 0 saturated carbocycles. The molecule has 6 rings (SSSR count). The SMILES string of the molecule is O=C1C(=O)N(c2nc3ccccc3[nH]2)C(c2ccccc2)/C1=C(\O)c1ccc2c(c1)CCO2. The Morgan fingerprint density at radius 1 is 1.03 bits per heavy atom. The molecule has 4 aromatic rings. The van der Waals surface area contributed by atoms with Crippen LogP contribution in [0.1, 0.15) is 22.7 Å². The minimum Gasteiger partial charge on any atom is -0.507 e. The van der Waals surface area contributed by atoms with E-state index in [0.29, 0.717) is 23.3 Å². The molecule has 33 heavy (non-hydrogen) atoms. The van der Waals surface area contributed by atoms with Gasteiger partial charge in [0.2, 0.25) is 5.95 Å². The first-order valence-electron chi connectivity index (χ1n) is 10.7. The van der Waals surface area contributed by atoms with Gasteiger partial charge in [-0.25, -0.2) is 4.98 Å². The van der Waals surface area contributed by atoms with Gasteiger partial charge in [-0.3, -0.25) is 14.5 Å². The van der Waals surface area contributed by atoms with Gasteiger partial charge in [0.1, 0.15) is 11.5 Å². The number of para-hydroxylation sites is 2. The molecule has 0 bridgehead atoms. The lowest BCUT2D eigenvalue weighted by molar-refractivity contribution is -0.132. The van der Waals surface area contributed by atoms with Gasteiger partial charge in [0.05, 0.1) is 29.3 Å². The number of H-pyrrole nitrogens is 1. The molecule has 0 spiro atoms. The zero-order valence-corrected chi connectivity index (χ0v) is 17.5. The summed E-state index contributed by atoms with van der Waals surface area (Å²) < 4.78 is 5.55. The standard InChI is InChI=1S/C26H19N3O4/c30-23(17-10-11-20-16(14-17)12-13-33-20)21-22(15-6-2-1-3-7-15)29(25(32)24(21)31)26-27-18-8-4-5-9-19(18)28-26/h1-11,14,22,30H,12-13H2,(H,27,28)/b23-21+. The smallest absolute Gasteiger partial charge is 0.302 e. The van der Waals surface area contributed by atoms with Crippen molar-refractivity contribution in [1.82, 2.24) is 9.97 Å². The lowest BCUT2D eigenvalue weighted by atomic mass is 9.94. The number of benzene rings is 3. The van der Waals surface area contributed by atoms with Gasteiger partial charge in [-0.05, 0) is 41.5 Å². The number of carbonyl (C=O) groups excluding carboxylic acids is 2. The Bertz CT molecular complexity index is 1420. The predicted octanol–water partition coefficient (Wildman–Crippen LogP) is 4.12. The second-order valence-electron chi connectivity index (χ2n) is 8.08. The second-order valence-corrected chi connectivity index (χ2v) is 8.08. The molecule has 0 aliphatic carbocycles. The minimum absolute atomic E-state index is 0.0329. The lowest BCUT2D eigenvalue weighted by Gasteiger charge is -2.23. The normalized spacial score (nSPS) is 19.2. The van der Waals surface area contributed by atoms with Crippen molar-refractivity contribution in [3.63, 3.8) is 0 Å². The summed E-state index contributed by atoms with van der Waals surface area (Å²) in [5, 5.41) is 11.3. The molecule has 7 heteroatoms. The Hall–Kier alpha value is -4.39. The van der Waals surface area contributed by atoms with Gasteiger partial charge in [0, 0.05) is 12.0 Å². The molecule has 1 saturated heterocycles. The highest BCUT2D eigenvalue weighted by atomic mass is 16.5. The number of hydrogen-bond donors (Lipinski definition) is 2. The molecule has 2 aliphatic heterocycles. The first kappa shape index (κ1) is 19.3. The molecule has 3 heterocycles. The molecule has 1 unspecified atom stereocenters. The summed E-state index contributed by atoms with van der Waals surface area (Å²) >= 11 is 0. The summed E-state index contributed by atoms with van der Waals surface area (Å²) in [4.78, 5) is 35.5. The maximum Gasteiger partial charge on any atom is 0.302 e. The van der Waals surface area contributed by atoms with Crippen molar-refractivity contribution < 1.29 is 19.4 Å². The summed E-state index contributed by atoms with van der Waals surface area (Å²) in [6, 6.07) is 21.1. The molecule has 3 aromatic carbocycles. The zero-order valence-electron chi connectivity index (χ0n) is 17.5. The van der Waals surface area contributed by atoms with Gasteiger partial charge in [-0.15, -0.1) is 0 Å². The van der Waals surface area contributed by atoms with Gasteiger partial charge in [0.15, 0.2) is 0 Å². The highest BCUT2D eigenvalue weighted by Gasteiger charge is 2.48. The molecule has 0 radical (unpaired) electrons. The number of aliphatic hydroxyl groups is 1. The van der Waals surface area contributed by atoms with Crippen molar-refractivity contribution in [3.05, 3.63) is 95.1 Å². The highest BCUT2D eigenvalue weighted by Crippen LogP contribution is 2.42. The number of ketones is 1. The van der Waals surface area contributed by atoms with Crippen LogP contribution in [-0.2, 0) is 16.0 Å². The lowest BCUT2D eigenvalue weighted by Crippen LogP contribution is -2.30. The van der Waals surface area contributed by atoms with Crippen molar-refractivity contribution in [2.45, 2.75) is 12.5 Å². The number of hydrogen-bond acceptors (Lipinski definition) is 5. The topological polar surface area (TPSA) is 95.5 Å². The van der Waals surface area contributed by atoms with E-state index in [2.05, 4.69) is 9.97 Å². The highest BCUT2D eigenvalue weighted by molar-refractivity contribution is 6.51. The summed E-state index contributed by atoms with van der Waals surface area (Å²) in [6.45, 7) is 0.583. The number of aromatic amines is 1. The fourth-order valence-corrected chi connectivity index (χ4v) is 4.54. The third kappa shape index (κ3) is 3.01. The van der Waals surface area contributed by atoms with Crippen LogP contribution in [0.25, 0.3) is 16.8 Å². The minimum atomic E-state index is -0.823. The van der Waals surface area contributed by atoms with E-state index < -0.39 is 17.7 Å². The van der Waals surface area contributed by atoms with E-state index in [1.807, 2.05) is 60.7 Å². The third-order valence-corrected chi connectivity index (χ3v) is 6.13. The van der Waals surface area contributed by atoms with E-state index >= 15 is 0 Å². The Morgan fingerprint density at radius 3 is 2.64 bits per heavy atom. The van der Waals surface area contributed by atoms with Crippen LogP contribution in [0.2, 0.25) is 0 Å². The number of carbonyl (C=O) groups is 2. The molecule has 1 atom stereocenters. The van der Waals surface area contributed by atoms with Gasteiger partial charge in [0.25, 0.3) is 5.78 Å². The quantitative estimate of drug-likeness (QED) is 0.286. The Kier molecular flexibility index (Phi) is 4.29. The van der Waals surface area contributed by atoms with Crippen molar-refractivity contribution in [3.8, 4) is 5.75 Å². The van der Waals surface area contributed by atoms with Crippen molar-refractivity contribution >= 4 is 34.4 Å². The van der Waals surface area contributed by atoms with E-state index in [-0.39, 0.29) is 17.3 Å². The van der Waals surface area contributed by atoms with Gasteiger partial charge >= 0.3 is 5.91 Å². The zero-order chi connectivity index (χ0) is 22.5. The number of nitrogens with one attached hydrogen (secondary N) is 1. The summed E-state index contributed by atoms with van der Waals surface area (Å²) in [7, 11) is 0. The number of Topliss-reactive ketones (excluding diaryl/α,β-unsaturated/α-hetero) is 1. The third-order valence-electron chi connectivity index (χ3n) is 6.13. The molecular weight excluding hydrogens is 418 g/mol.